The molecule has 110 valence electrons. The highest BCUT2D eigenvalue weighted by Crippen LogP contribution is 2.20. The highest BCUT2D eigenvalue weighted by atomic mass is 35.5. The van der Waals surface area contributed by atoms with Crippen molar-refractivity contribution in [3.05, 3.63) is 64.7 Å². The molecule has 21 heavy (non-hydrogen) atoms. The van der Waals surface area contributed by atoms with E-state index in [1.165, 1.54) is 0 Å². The molecule has 0 saturated carbocycles. The summed E-state index contributed by atoms with van der Waals surface area (Å²) in [6.45, 7) is 1.55. The summed E-state index contributed by atoms with van der Waals surface area (Å²) < 4.78 is 25.3. The first-order valence-corrected chi connectivity index (χ1v) is 8.36. The molecule has 2 aromatic carbocycles. The monoisotopic (exact) mass is 323 g/mol. The van der Waals surface area contributed by atoms with Crippen LogP contribution in [0.3, 0.4) is 0 Å². The van der Waals surface area contributed by atoms with Crippen LogP contribution in [-0.2, 0) is 10.0 Å². The second-order valence-corrected chi connectivity index (χ2v) is 6.81. The molecule has 4 nitrogen and oxygen atoms in total. The van der Waals surface area contributed by atoms with E-state index >= 15 is 0 Å². The lowest BCUT2D eigenvalue weighted by Crippen LogP contribution is -2.14. The van der Waals surface area contributed by atoms with Crippen LogP contribution in [0.15, 0.2) is 48.5 Å². The quantitative estimate of drug-likeness (QED) is 0.858. The Bertz CT molecular complexity index is 755. The molecular weight excluding hydrogens is 310 g/mol. The second kappa shape index (κ2) is 6.28. The summed E-state index contributed by atoms with van der Waals surface area (Å²) in [6, 6.07) is 13.0. The van der Waals surface area contributed by atoms with Crippen LogP contribution < -0.4 is 4.72 Å². The SMILES string of the molecule is CCS(=O)(=O)Nc1ccc(C(=O)c2ccccc2Cl)cc1. The second-order valence-electron chi connectivity index (χ2n) is 4.39. The van der Waals surface area contributed by atoms with Gasteiger partial charge in [0.25, 0.3) is 0 Å². The summed E-state index contributed by atoms with van der Waals surface area (Å²) in [7, 11) is -3.32. The molecule has 0 unspecified atom stereocenters. The Labute approximate surface area is 128 Å². The first kappa shape index (κ1) is 15.5. The fourth-order valence-corrected chi connectivity index (χ4v) is 2.60. The number of anilines is 1. The van der Waals surface area contributed by atoms with E-state index in [1.54, 1.807) is 55.5 Å². The summed E-state index contributed by atoms with van der Waals surface area (Å²) in [5, 5.41) is 0.387. The lowest BCUT2D eigenvalue weighted by Gasteiger charge is -2.07. The van der Waals surface area contributed by atoms with Crippen molar-refractivity contribution in [3.8, 4) is 0 Å². The largest absolute Gasteiger partial charge is 0.289 e. The van der Waals surface area contributed by atoms with Crippen molar-refractivity contribution in [2.24, 2.45) is 0 Å². The van der Waals surface area contributed by atoms with Gasteiger partial charge in [0, 0.05) is 16.8 Å². The van der Waals surface area contributed by atoms with Crippen molar-refractivity contribution in [2.45, 2.75) is 6.92 Å². The third-order valence-electron chi connectivity index (χ3n) is 2.92. The number of carbonyl (C=O) groups is 1. The molecule has 0 radical (unpaired) electrons. The number of hydrogen-bond acceptors (Lipinski definition) is 3. The van der Waals surface area contributed by atoms with Gasteiger partial charge in [-0.3, -0.25) is 9.52 Å². The Hall–Kier alpha value is -1.85. The van der Waals surface area contributed by atoms with Gasteiger partial charge < -0.3 is 0 Å². The Morgan fingerprint density at radius 1 is 1.10 bits per heavy atom. The van der Waals surface area contributed by atoms with Gasteiger partial charge >= 0.3 is 0 Å². The van der Waals surface area contributed by atoms with Crippen LogP contribution in [0.2, 0.25) is 5.02 Å². The van der Waals surface area contributed by atoms with Gasteiger partial charge in [-0.15, -0.1) is 0 Å². The molecule has 0 aromatic heterocycles. The predicted octanol–water partition coefficient (Wildman–Crippen LogP) is 3.33. The normalized spacial score (nSPS) is 11.1. The van der Waals surface area contributed by atoms with E-state index in [4.69, 9.17) is 11.6 Å². The highest BCUT2D eigenvalue weighted by molar-refractivity contribution is 7.92. The zero-order valence-electron chi connectivity index (χ0n) is 11.3. The molecule has 0 aliphatic rings. The fourth-order valence-electron chi connectivity index (χ4n) is 1.74. The minimum Gasteiger partial charge on any atom is -0.289 e. The van der Waals surface area contributed by atoms with Crippen LogP contribution in [0.5, 0.6) is 0 Å². The zero-order chi connectivity index (χ0) is 15.5. The Morgan fingerprint density at radius 2 is 1.71 bits per heavy atom. The number of nitrogens with one attached hydrogen (secondary N) is 1. The van der Waals surface area contributed by atoms with Gasteiger partial charge in [-0.25, -0.2) is 8.42 Å². The van der Waals surface area contributed by atoms with Gasteiger partial charge in [0.2, 0.25) is 10.0 Å². The molecular formula is C15H14ClNO3S. The summed E-state index contributed by atoms with van der Waals surface area (Å²) in [6.07, 6.45) is 0. The molecule has 6 heteroatoms. The molecule has 2 aromatic rings. The summed E-state index contributed by atoms with van der Waals surface area (Å²) >= 11 is 5.99. The van der Waals surface area contributed by atoms with Crippen molar-refractivity contribution in [1.82, 2.24) is 0 Å². The van der Waals surface area contributed by atoms with E-state index in [0.29, 0.717) is 21.8 Å². The third-order valence-corrected chi connectivity index (χ3v) is 4.56. The molecule has 0 fully saturated rings. The summed E-state index contributed by atoms with van der Waals surface area (Å²) in [5.41, 5.74) is 1.29. The maximum atomic E-state index is 12.3. The minimum atomic E-state index is -3.32. The average molecular weight is 324 g/mol. The zero-order valence-corrected chi connectivity index (χ0v) is 12.9. The number of halogens is 1. The van der Waals surface area contributed by atoms with Gasteiger partial charge in [-0.05, 0) is 43.3 Å². The van der Waals surface area contributed by atoms with Crippen LogP contribution in [0, 0.1) is 0 Å². The molecule has 0 heterocycles. The molecule has 0 bridgehead atoms. The predicted molar refractivity (Wildman–Crippen MR) is 84.4 cm³/mol. The average Bonchev–Trinajstić information content (AvgIpc) is 2.47. The van der Waals surface area contributed by atoms with E-state index in [2.05, 4.69) is 4.72 Å². The van der Waals surface area contributed by atoms with Gasteiger partial charge in [-0.1, -0.05) is 23.7 Å². The molecule has 0 amide bonds. The highest BCUT2D eigenvalue weighted by Gasteiger charge is 2.13. The molecule has 0 aliphatic carbocycles. The van der Waals surface area contributed by atoms with Gasteiger partial charge in [-0.2, -0.15) is 0 Å². The van der Waals surface area contributed by atoms with Crippen LogP contribution >= 0.6 is 11.6 Å². The van der Waals surface area contributed by atoms with Crippen LogP contribution in [0.25, 0.3) is 0 Å². The smallest absolute Gasteiger partial charge is 0.232 e. The van der Waals surface area contributed by atoms with Crippen molar-refractivity contribution >= 4 is 33.1 Å². The summed E-state index contributed by atoms with van der Waals surface area (Å²) in [4.78, 5) is 12.3. The Morgan fingerprint density at radius 3 is 2.29 bits per heavy atom. The van der Waals surface area contributed by atoms with E-state index in [-0.39, 0.29) is 11.5 Å². The number of carbonyl (C=O) groups excluding carboxylic acids is 1. The number of benzene rings is 2. The van der Waals surface area contributed by atoms with Crippen LogP contribution in [0.1, 0.15) is 22.8 Å². The van der Waals surface area contributed by atoms with E-state index < -0.39 is 10.0 Å². The molecule has 0 aliphatic heterocycles. The first-order valence-electron chi connectivity index (χ1n) is 6.33. The molecule has 1 N–H and O–H groups in total. The van der Waals surface area contributed by atoms with Crippen molar-refractivity contribution in [3.63, 3.8) is 0 Å². The maximum Gasteiger partial charge on any atom is 0.232 e. The van der Waals surface area contributed by atoms with Crippen LogP contribution in [-0.4, -0.2) is 20.0 Å². The van der Waals surface area contributed by atoms with Gasteiger partial charge in [0.1, 0.15) is 0 Å². The Kier molecular flexibility index (Phi) is 4.65. The lowest BCUT2D eigenvalue weighted by molar-refractivity contribution is 0.103. The minimum absolute atomic E-state index is 0.00664. The number of rotatable bonds is 5. The van der Waals surface area contributed by atoms with E-state index in [1.807, 2.05) is 0 Å². The molecule has 0 atom stereocenters. The summed E-state index contributed by atoms with van der Waals surface area (Å²) in [5.74, 6) is -0.210. The molecule has 0 spiro atoms. The van der Waals surface area contributed by atoms with E-state index in [9.17, 15) is 13.2 Å². The lowest BCUT2D eigenvalue weighted by atomic mass is 10.0. The van der Waals surface area contributed by atoms with Crippen LogP contribution in [0.4, 0.5) is 5.69 Å². The fraction of sp³-hybridized carbons (Fsp3) is 0.133. The Balaban J connectivity index is 2.24. The van der Waals surface area contributed by atoms with Crippen molar-refractivity contribution < 1.29 is 13.2 Å². The van der Waals surface area contributed by atoms with Gasteiger partial charge in [0.15, 0.2) is 5.78 Å². The van der Waals surface area contributed by atoms with Crippen molar-refractivity contribution in [1.29, 1.82) is 0 Å². The third kappa shape index (κ3) is 3.83. The number of hydrogen-bond donors (Lipinski definition) is 1. The molecule has 0 saturated heterocycles. The molecule has 2 rings (SSSR count). The van der Waals surface area contributed by atoms with E-state index in [0.717, 1.165) is 0 Å². The first-order chi connectivity index (χ1) is 9.93. The standard InChI is InChI=1S/C15H14ClNO3S/c1-2-21(19,20)17-12-9-7-11(8-10-12)15(18)13-5-3-4-6-14(13)16/h3-10,17H,2H2,1H3. The van der Waals surface area contributed by atoms with Gasteiger partial charge in [0.05, 0.1) is 10.8 Å². The number of sulfonamides is 1. The maximum absolute atomic E-state index is 12.3. The topological polar surface area (TPSA) is 63.2 Å². The van der Waals surface area contributed by atoms with Crippen molar-refractivity contribution in [2.75, 3.05) is 10.5 Å². The number of ketones is 1.